The first-order valence-corrected chi connectivity index (χ1v) is 7.81. The van der Waals surface area contributed by atoms with Gasteiger partial charge < -0.3 is 10.6 Å². The molecule has 2 aromatic rings. The fourth-order valence-corrected chi connectivity index (χ4v) is 3.06. The highest BCUT2D eigenvalue weighted by molar-refractivity contribution is 8.00. The number of thioether (sulfide) groups is 1. The topological polar surface area (TPSA) is 46.3 Å². The van der Waals surface area contributed by atoms with Gasteiger partial charge in [0.25, 0.3) is 0 Å². The van der Waals surface area contributed by atoms with Gasteiger partial charge >= 0.3 is 0 Å². The van der Waals surface area contributed by atoms with Gasteiger partial charge in [-0.3, -0.25) is 4.79 Å². The number of hydrogen-bond acceptors (Lipinski definition) is 4. The average Bonchev–Trinajstić information content (AvgIpc) is 2.90. The van der Waals surface area contributed by atoms with Gasteiger partial charge in [0.1, 0.15) is 0 Å². The number of nitrogens with two attached hydrogens (primary N) is 1. The SMILES string of the molecule is CN(Cc1ccsc1)C(=O)CSc1ccc(N)cc1. The standard InChI is InChI=1S/C14H16N2OS2/c1-16(8-11-6-7-18-9-11)14(17)10-19-13-4-2-12(15)3-5-13/h2-7,9H,8,10,15H2,1H3. The summed E-state index contributed by atoms with van der Waals surface area (Å²) in [4.78, 5) is 14.8. The summed E-state index contributed by atoms with van der Waals surface area (Å²) in [6, 6.07) is 9.61. The van der Waals surface area contributed by atoms with Crippen LogP contribution in [0.25, 0.3) is 0 Å². The molecule has 0 unspecified atom stereocenters. The van der Waals surface area contributed by atoms with Crippen molar-refractivity contribution in [3.63, 3.8) is 0 Å². The number of amides is 1. The molecular weight excluding hydrogens is 276 g/mol. The van der Waals surface area contributed by atoms with E-state index in [1.54, 1.807) is 16.2 Å². The van der Waals surface area contributed by atoms with E-state index in [0.29, 0.717) is 12.3 Å². The summed E-state index contributed by atoms with van der Waals surface area (Å²) in [6.45, 7) is 0.671. The van der Waals surface area contributed by atoms with Gasteiger partial charge in [0.15, 0.2) is 0 Å². The van der Waals surface area contributed by atoms with Crippen LogP contribution in [-0.4, -0.2) is 23.6 Å². The molecule has 0 spiro atoms. The normalized spacial score (nSPS) is 10.4. The summed E-state index contributed by atoms with van der Waals surface area (Å²) in [7, 11) is 1.84. The Labute approximate surface area is 121 Å². The fraction of sp³-hybridized carbons (Fsp3) is 0.214. The van der Waals surface area contributed by atoms with Gasteiger partial charge in [0.2, 0.25) is 5.91 Å². The van der Waals surface area contributed by atoms with E-state index in [2.05, 4.69) is 5.38 Å². The number of anilines is 1. The van der Waals surface area contributed by atoms with Gasteiger partial charge in [-0.15, -0.1) is 11.8 Å². The third-order valence-corrected chi connectivity index (χ3v) is 4.40. The Balaban J connectivity index is 1.82. The minimum absolute atomic E-state index is 0.132. The molecule has 3 nitrogen and oxygen atoms in total. The molecule has 0 bridgehead atoms. The summed E-state index contributed by atoms with van der Waals surface area (Å²) in [6.07, 6.45) is 0. The molecule has 0 atom stereocenters. The number of hydrogen-bond donors (Lipinski definition) is 1. The van der Waals surface area contributed by atoms with Crippen LogP contribution in [0.5, 0.6) is 0 Å². The second kappa shape index (κ2) is 6.63. The molecule has 1 aromatic carbocycles. The maximum Gasteiger partial charge on any atom is 0.232 e. The number of nitrogen functional groups attached to an aromatic ring is 1. The summed E-state index contributed by atoms with van der Waals surface area (Å²) < 4.78 is 0. The molecule has 0 saturated carbocycles. The van der Waals surface area contributed by atoms with Crippen molar-refractivity contribution in [1.82, 2.24) is 4.90 Å². The van der Waals surface area contributed by atoms with E-state index in [0.717, 1.165) is 10.6 Å². The monoisotopic (exact) mass is 292 g/mol. The van der Waals surface area contributed by atoms with Crippen LogP contribution in [0.3, 0.4) is 0 Å². The summed E-state index contributed by atoms with van der Waals surface area (Å²) in [5.74, 6) is 0.581. The van der Waals surface area contributed by atoms with Gasteiger partial charge in [-0.2, -0.15) is 11.3 Å². The van der Waals surface area contributed by atoms with Crippen molar-refractivity contribution in [2.75, 3.05) is 18.5 Å². The predicted octanol–water partition coefficient (Wildman–Crippen LogP) is 3.08. The highest BCUT2D eigenvalue weighted by Gasteiger charge is 2.10. The van der Waals surface area contributed by atoms with Gasteiger partial charge in [-0.1, -0.05) is 0 Å². The second-order valence-electron chi connectivity index (χ2n) is 4.24. The predicted molar refractivity (Wildman–Crippen MR) is 82.4 cm³/mol. The Hall–Kier alpha value is -1.46. The lowest BCUT2D eigenvalue weighted by atomic mass is 10.3. The molecule has 1 aromatic heterocycles. The molecule has 2 N–H and O–H groups in total. The maximum atomic E-state index is 12.0. The van der Waals surface area contributed by atoms with Gasteiger partial charge in [0, 0.05) is 24.2 Å². The highest BCUT2D eigenvalue weighted by atomic mass is 32.2. The molecule has 100 valence electrons. The second-order valence-corrected chi connectivity index (χ2v) is 6.07. The zero-order chi connectivity index (χ0) is 13.7. The highest BCUT2D eigenvalue weighted by Crippen LogP contribution is 2.19. The number of benzene rings is 1. The number of thiophene rings is 1. The molecule has 19 heavy (non-hydrogen) atoms. The van der Waals surface area contributed by atoms with Crippen molar-refractivity contribution in [2.45, 2.75) is 11.4 Å². The third-order valence-electron chi connectivity index (χ3n) is 2.67. The van der Waals surface area contributed by atoms with Crippen LogP contribution >= 0.6 is 23.1 Å². The van der Waals surface area contributed by atoms with Gasteiger partial charge in [0.05, 0.1) is 5.75 Å². The first kappa shape index (κ1) is 14.0. The molecule has 0 aliphatic heterocycles. The van der Waals surface area contributed by atoms with Crippen molar-refractivity contribution in [3.8, 4) is 0 Å². The van der Waals surface area contributed by atoms with E-state index in [9.17, 15) is 4.79 Å². The van der Waals surface area contributed by atoms with Gasteiger partial charge in [-0.25, -0.2) is 0 Å². The third kappa shape index (κ3) is 4.29. The Morgan fingerprint density at radius 3 is 2.68 bits per heavy atom. The van der Waals surface area contributed by atoms with E-state index in [1.165, 1.54) is 17.3 Å². The van der Waals surface area contributed by atoms with Crippen molar-refractivity contribution in [1.29, 1.82) is 0 Å². The number of carbonyl (C=O) groups is 1. The van der Waals surface area contributed by atoms with Crippen molar-refractivity contribution in [2.24, 2.45) is 0 Å². The van der Waals surface area contributed by atoms with Crippen molar-refractivity contribution >= 4 is 34.7 Å². The molecule has 1 heterocycles. The summed E-state index contributed by atoms with van der Waals surface area (Å²) in [5, 5.41) is 4.09. The minimum Gasteiger partial charge on any atom is -0.399 e. The molecule has 0 aliphatic carbocycles. The number of rotatable bonds is 5. The average molecular weight is 292 g/mol. The molecule has 0 fully saturated rings. The van der Waals surface area contributed by atoms with E-state index in [4.69, 9.17) is 5.73 Å². The first-order chi connectivity index (χ1) is 9.15. The largest absolute Gasteiger partial charge is 0.399 e. The number of nitrogens with zero attached hydrogens (tertiary/aromatic N) is 1. The molecule has 0 radical (unpaired) electrons. The summed E-state index contributed by atoms with van der Waals surface area (Å²) >= 11 is 3.18. The van der Waals surface area contributed by atoms with Crippen LogP contribution in [0.1, 0.15) is 5.56 Å². The zero-order valence-electron chi connectivity index (χ0n) is 10.7. The van der Waals surface area contributed by atoms with Gasteiger partial charge in [-0.05, 0) is 46.7 Å². The lowest BCUT2D eigenvalue weighted by Crippen LogP contribution is -2.27. The van der Waals surface area contributed by atoms with Crippen LogP contribution in [0.4, 0.5) is 5.69 Å². The first-order valence-electron chi connectivity index (χ1n) is 5.88. The molecular formula is C14H16N2OS2. The van der Waals surface area contributed by atoms with Crippen LogP contribution in [0, 0.1) is 0 Å². The smallest absolute Gasteiger partial charge is 0.232 e. The Morgan fingerprint density at radius 1 is 1.32 bits per heavy atom. The number of carbonyl (C=O) groups excluding carboxylic acids is 1. The molecule has 0 saturated heterocycles. The molecule has 1 amide bonds. The van der Waals surface area contributed by atoms with Crippen molar-refractivity contribution < 1.29 is 4.79 Å². The van der Waals surface area contributed by atoms with E-state index < -0.39 is 0 Å². The minimum atomic E-state index is 0.132. The van der Waals surface area contributed by atoms with E-state index >= 15 is 0 Å². The van der Waals surface area contributed by atoms with Crippen LogP contribution in [0.15, 0.2) is 46.0 Å². The molecule has 0 aliphatic rings. The van der Waals surface area contributed by atoms with E-state index in [1.807, 2.05) is 42.8 Å². The fourth-order valence-electron chi connectivity index (χ4n) is 1.56. The molecule has 2 rings (SSSR count). The zero-order valence-corrected chi connectivity index (χ0v) is 12.3. The van der Waals surface area contributed by atoms with Crippen molar-refractivity contribution in [3.05, 3.63) is 46.7 Å². The van der Waals surface area contributed by atoms with Crippen LogP contribution in [0.2, 0.25) is 0 Å². The van der Waals surface area contributed by atoms with Crippen LogP contribution < -0.4 is 5.73 Å². The Morgan fingerprint density at radius 2 is 2.05 bits per heavy atom. The Kier molecular flexibility index (Phi) is 4.87. The Bertz CT molecular complexity index is 523. The lowest BCUT2D eigenvalue weighted by Gasteiger charge is -2.16. The van der Waals surface area contributed by atoms with E-state index in [-0.39, 0.29) is 5.91 Å². The van der Waals surface area contributed by atoms with Crippen LogP contribution in [-0.2, 0) is 11.3 Å². The summed E-state index contributed by atoms with van der Waals surface area (Å²) in [5.41, 5.74) is 7.54. The lowest BCUT2D eigenvalue weighted by molar-refractivity contribution is -0.127. The maximum absolute atomic E-state index is 12.0. The quantitative estimate of drug-likeness (QED) is 0.680. The molecule has 5 heteroatoms.